The van der Waals surface area contributed by atoms with E-state index in [9.17, 15) is 4.79 Å². The second kappa shape index (κ2) is 2.37. The summed E-state index contributed by atoms with van der Waals surface area (Å²) in [4.78, 5) is 15.1. The molecular weight excluding hydrogens is 126 g/mol. The molecule has 0 saturated heterocycles. The van der Waals surface area contributed by atoms with Crippen LogP contribution >= 0.6 is 0 Å². The van der Waals surface area contributed by atoms with Crippen LogP contribution < -0.4 is 0 Å². The van der Waals surface area contributed by atoms with Crippen molar-refractivity contribution in [2.75, 3.05) is 6.54 Å². The topological polar surface area (TPSA) is 29.4 Å². The number of carbonyl (C=O) groups excluding carboxylic acids is 1. The van der Waals surface area contributed by atoms with Crippen molar-refractivity contribution in [3.05, 3.63) is 11.1 Å². The fourth-order valence-electron chi connectivity index (χ4n) is 1.19. The molecule has 0 bridgehead atoms. The molecule has 0 aliphatic carbocycles. The molecule has 0 amide bonds. The van der Waals surface area contributed by atoms with Crippen LogP contribution in [0.1, 0.15) is 20.8 Å². The Morgan fingerprint density at radius 1 is 1.50 bits per heavy atom. The predicted molar refractivity (Wildman–Crippen MR) is 41.4 cm³/mol. The summed E-state index contributed by atoms with van der Waals surface area (Å²) < 4.78 is 0. The fraction of sp³-hybridized carbons (Fsp3) is 0.500. The monoisotopic (exact) mass is 137 g/mol. The molecule has 0 unspecified atom stereocenters. The number of Topliss-reactive ketones (excluding diaryl/α,β-unsaturated/α-hetero) is 1. The van der Waals surface area contributed by atoms with E-state index in [0.29, 0.717) is 6.54 Å². The molecule has 0 fully saturated rings. The Morgan fingerprint density at radius 2 is 2.10 bits per heavy atom. The molecule has 0 radical (unpaired) electrons. The van der Waals surface area contributed by atoms with E-state index in [0.717, 1.165) is 16.9 Å². The molecule has 1 aliphatic rings. The summed E-state index contributed by atoms with van der Waals surface area (Å²) in [7, 11) is 0. The predicted octanol–water partition coefficient (Wildman–Crippen LogP) is 1.37. The lowest BCUT2D eigenvalue weighted by molar-refractivity contribution is -0.113. The van der Waals surface area contributed by atoms with Crippen LogP contribution in [0.4, 0.5) is 0 Å². The molecule has 2 nitrogen and oxygen atoms in total. The average molecular weight is 137 g/mol. The van der Waals surface area contributed by atoms with Gasteiger partial charge in [-0.3, -0.25) is 9.79 Å². The molecule has 0 aromatic carbocycles. The summed E-state index contributed by atoms with van der Waals surface area (Å²) in [5.41, 5.74) is 2.80. The molecule has 0 aromatic rings. The van der Waals surface area contributed by atoms with Crippen molar-refractivity contribution in [2.24, 2.45) is 4.99 Å². The first-order valence-corrected chi connectivity index (χ1v) is 3.35. The highest BCUT2D eigenvalue weighted by Gasteiger charge is 2.18. The second-order valence-corrected chi connectivity index (χ2v) is 2.70. The van der Waals surface area contributed by atoms with Crippen molar-refractivity contribution in [3.8, 4) is 0 Å². The van der Waals surface area contributed by atoms with Crippen LogP contribution in [0.5, 0.6) is 0 Å². The second-order valence-electron chi connectivity index (χ2n) is 2.70. The van der Waals surface area contributed by atoms with Gasteiger partial charge in [0.1, 0.15) is 6.54 Å². The maximum Gasteiger partial charge on any atom is 0.185 e. The number of hydrogen-bond acceptors (Lipinski definition) is 2. The maximum absolute atomic E-state index is 11.1. The molecule has 0 atom stereocenters. The fourth-order valence-corrected chi connectivity index (χ4v) is 1.19. The van der Waals surface area contributed by atoms with E-state index in [1.54, 1.807) is 0 Å². The molecule has 1 heterocycles. The first-order valence-electron chi connectivity index (χ1n) is 3.35. The van der Waals surface area contributed by atoms with Crippen molar-refractivity contribution >= 4 is 11.5 Å². The molecule has 54 valence electrons. The SMILES string of the molecule is CC1=NCC(=O)C1=C(C)C. The highest BCUT2D eigenvalue weighted by Crippen LogP contribution is 2.13. The van der Waals surface area contributed by atoms with Crippen molar-refractivity contribution in [2.45, 2.75) is 20.8 Å². The minimum atomic E-state index is 0.164. The first-order chi connectivity index (χ1) is 4.63. The zero-order valence-electron chi connectivity index (χ0n) is 6.56. The zero-order chi connectivity index (χ0) is 7.72. The molecular formula is C8H11NO. The van der Waals surface area contributed by atoms with Gasteiger partial charge < -0.3 is 0 Å². The Labute approximate surface area is 60.7 Å². The van der Waals surface area contributed by atoms with Gasteiger partial charge in [-0.15, -0.1) is 0 Å². The minimum Gasteiger partial charge on any atom is -0.292 e. The lowest BCUT2D eigenvalue weighted by Crippen LogP contribution is -2.04. The summed E-state index contributed by atoms with van der Waals surface area (Å²) >= 11 is 0. The number of nitrogens with zero attached hydrogens (tertiary/aromatic N) is 1. The number of ketones is 1. The Hall–Kier alpha value is -0.920. The molecule has 0 spiro atoms. The van der Waals surface area contributed by atoms with Crippen LogP contribution in [0.3, 0.4) is 0 Å². The van der Waals surface area contributed by atoms with Gasteiger partial charge in [0.15, 0.2) is 5.78 Å². The van der Waals surface area contributed by atoms with E-state index >= 15 is 0 Å². The zero-order valence-corrected chi connectivity index (χ0v) is 6.56. The molecule has 1 rings (SSSR count). The largest absolute Gasteiger partial charge is 0.292 e. The molecule has 0 saturated carbocycles. The molecule has 0 N–H and O–H groups in total. The Kier molecular flexibility index (Phi) is 1.70. The minimum absolute atomic E-state index is 0.164. The van der Waals surface area contributed by atoms with Gasteiger partial charge >= 0.3 is 0 Å². The van der Waals surface area contributed by atoms with Crippen LogP contribution in [0.25, 0.3) is 0 Å². The number of rotatable bonds is 0. The third-order valence-electron chi connectivity index (χ3n) is 1.60. The van der Waals surface area contributed by atoms with Gasteiger partial charge in [-0.1, -0.05) is 5.57 Å². The lowest BCUT2D eigenvalue weighted by atomic mass is 10.1. The van der Waals surface area contributed by atoms with E-state index in [1.165, 1.54) is 0 Å². The molecule has 1 aliphatic heterocycles. The summed E-state index contributed by atoms with van der Waals surface area (Å²) in [6.07, 6.45) is 0. The quantitative estimate of drug-likeness (QED) is 0.463. The number of allylic oxidation sites excluding steroid dienone is 1. The molecule has 10 heavy (non-hydrogen) atoms. The van der Waals surface area contributed by atoms with Crippen molar-refractivity contribution in [1.29, 1.82) is 0 Å². The Bertz CT molecular complexity index is 232. The normalized spacial score (nSPS) is 17.7. The van der Waals surface area contributed by atoms with Crippen LogP contribution in [0.15, 0.2) is 16.1 Å². The van der Waals surface area contributed by atoms with Crippen LogP contribution in [0.2, 0.25) is 0 Å². The van der Waals surface area contributed by atoms with Gasteiger partial charge in [0, 0.05) is 11.3 Å². The summed E-state index contributed by atoms with van der Waals surface area (Å²) in [5.74, 6) is 0.164. The number of carbonyl (C=O) groups is 1. The van der Waals surface area contributed by atoms with Crippen molar-refractivity contribution < 1.29 is 4.79 Å². The van der Waals surface area contributed by atoms with Gasteiger partial charge in [0.05, 0.1) is 0 Å². The van der Waals surface area contributed by atoms with Crippen LogP contribution in [-0.4, -0.2) is 18.0 Å². The van der Waals surface area contributed by atoms with Gasteiger partial charge in [0.2, 0.25) is 0 Å². The average Bonchev–Trinajstić information content (AvgIpc) is 2.11. The van der Waals surface area contributed by atoms with E-state index in [2.05, 4.69) is 4.99 Å². The van der Waals surface area contributed by atoms with Gasteiger partial charge in [-0.2, -0.15) is 0 Å². The van der Waals surface area contributed by atoms with Gasteiger partial charge in [-0.05, 0) is 20.8 Å². The molecule has 2 heteroatoms. The lowest BCUT2D eigenvalue weighted by Gasteiger charge is -1.96. The third-order valence-corrected chi connectivity index (χ3v) is 1.60. The van der Waals surface area contributed by atoms with E-state index in [4.69, 9.17) is 0 Å². The summed E-state index contributed by atoms with van der Waals surface area (Å²) in [6.45, 7) is 6.12. The van der Waals surface area contributed by atoms with Gasteiger partial charge in [-0.25, -0.2) is 0 Å². The highest BCUT2D eigenvalue weighted by molar-refractivity contribution is 6.26. The number of aliphatic imine (C=N–C) groups is 1. The van der Waals surface area contributed by atoms with Crippen LogP contribution in [0, 0.1) is 0 Å². The smallest absolute Gasteiger partial charge is 0.185 e. The summed E-state index contributed by atoms with van der Waals surface area (Å²) in [6, 6.07) is 0. The molecule has 0 aromatic heterocycles. The van der Waals surface area contributed by atoms with Gasteiger partial charge in [0.25, 0.3) is 0 Å². The number of hydrogen-bond donors (Lipinski definition) is 0. The van der Waals surface area contributed by atoms with Crippen LogP contribution in [-0.2, 0) is 4.79 Å². The Balaban J connectivity index is 3.07. The highest BCUT2D eigenvalue weighted by atomic mass is 16.1. The van der Waals surface area contributed by atoms with E-state index in [-0.39, 0.29) is 5.78 Å². The summed E-state index contributed by atoms with van der Waals surface area (Å²) in [5, 5.41) is 0. The van der Waals surface area contributed by atoms with E-state index < -0.39 is 0 Å². The third kappa shape index (κ3) is 1.01. The standard InChI is InChI=1S/C8H11NO/c1-5(2)8-6(3)9-4-7(8)10/h4H2,1-3H3. The maximum atomic E-state index is 11.1. The van der Waals surface area contributed by atoms with Crippen molar-refractivity contribution in [1.82, 2.24) is 0 Å². The van der Waals surface area contributed by atoms with E-state index in [1.807, 2.05) is 20.8 Å². The first kappa shape index (κ1) is 7.19. The Morgan fingerprint density at radius 3 is 2.30 bits per heavy atom. The van der Waals surface area contributed by atoms with Crippen molar-refractivity contribution in [3.63, 3.8) is 0 Å².